The quantitative estimate of drug-likeness (QED) is 0.658. The molecular weight excluding hydrogens is 323 g/mol. The third kappa shape index (κ3) is 3.75. The zero-order valence-corrected chi connectivity index (χ0v) is 11.1. The van der Waals surface area contributed by atoms with E-state index in [2.05, 4.69) is 27.9 Å². The number of benzene rings is 1. The predicted molar refractivity (Wildman–Crippen MR) is 73.7 cm³/mol. The van der Waals surface area contributed by atoms with Gasteiger partial charge in [-0.2, -0.15) is 0 Å². The molecule has 0 aromatic heterocycles. The van der Waals surface area contributed by atoms with E-state index < -0.39 is 5.92 Å². The van der Waals surface area contributed by atoms with Gasteiger partial charge in [0.25, 0.3) is 0 Å². The molecule has 0 aliphatic carbocycles. The van der Waals surface area contributed by atoms with Gasteiger partial charge >= 0.3 is 0 Å². The van der Waals surface area contributed by atoms with Crippen molar-refractivity contribution in [3.05, 3.63) is 27.8 Å². The zero-order valence-electron chi connectivity index (χ0n) is 8.16. The minimum Gasteiger partial charge on any atom is -0.393 e. The molecule has 3 N–H and O–H groups in total. The van der Waals surface area contributed by atoms with Crippen LogP contribution in [0.5, 0.6) is 0 Å². The molecule has 0 spiro atoms. The van der Waals surface area contributed by atoms with Crippen molar-refractivity contribution in [3.8, 4) is 0 Å². The highest BCUT2D eigenvalue weighted by Gasteiger charge is 2.15. The average Bonchev–Trinajstić information content (AvgIpc) is 2.16. The number of anilines is 1. The van der Waals surface area contributed by atoms with Crippen LogP contribution in [-0.4, -0.2) is 10.9 Å². The van der Waals surface area contributed by atoms with Crippen LogP contribution in [0.15, 0.2) is 24.3 Å². The van der Waals surface area contributed by atoms with E-state index in [1.807, 2.05) is 24.3 Å². The summed E-state index contributed by atoms with van der Waals surface area (Å²) >= 11 is 6.93. The molecule has 1 unspecified atom stereocenters. The number of hydrogen-bond donors (Lipinski definition) is 2. The molecule has 1 amide bonds. The lowest BCUT2D eigenvalue weighted by atomic mass is 10.1. The minimum absolute atomic E-state index is 0.176. The van der Waals surface area contributed by atoms with Crippen LogP contribution in [0.1, 0.15) is 6.92 Å². The summed E-state index contributed by atoms with van der Waals surface area (Å²) in [5.74, 6) is -0.623. The van der Waals surface area contributed by atoms with Crippen molar-refractivity contribution in [2.24, 2.45) is 11.7 Å². The van der Waals surface area contributed by atoms with Crippen molar-refractivity contribution in [3.63, 3.8) is 0 Å². The number of rotatable bonds is 3. The first-order chi connectivity index (χ1) is 7.00. The second-order valence-corrected chi connectivity index (χ2v) is 4.84. The third-order valence-corrected chi connectivity index (χ3v) is 2.94. The summed E-state index contributed by atoms with van der Waals surface area (Å²) in [6, 6.07) is 7.53. The van der Waals surface area contributed by atoms with E-state index in [0.29, 0.717) is 0 Å². The smallest absolute Gasteiger partial charge is 0.234 e. The number of nitrogens with two attached hydrogens (primary N) is 1. The van der Waals surface area contributed by atoms with Crippen LogP contribution in [0, 0.1) is 9.49 Å². The Labute approximate surface area is 108 Å². The lowest BCUT2D eigenvalue weighted by molar-refractivity contribution is -0.117. The standard InChI is InChI=1S/C10H11IN2OS/c1-6(9(12)15)10(14)13-8-4-2-3-7(11)5-8/h2-6H,1H3,(H2,12,15)(H,13,14). The predicted octanol–water partition coefficient (Wildman–Crippen LogP) is 2.15. The van der Waals surface area contributed by atoms with Gasteiger partial charge in [-0.05, 0) is 47.7 Å². The number of hydrogen-bond acceptors (Lipinski definition) is 2. The molecule has 0 saturated heterocycles. The summed E-state index contributed by atoms with van der Waals surface area (Å²) < 4.78 is 1.06. The van der Waals surface area contributed by atoms with E-state index in [-0.39, 0.29) is 10.9 Å². The molecule has 1 aromatic carbocycles. The van der Waals surface area contributed by atoms with Crippen molar-refractivity contribution in [1.29, 1.82) is 0 Å². The largest absolute Gasteiger partial charge is 0.393 e. The van der Waals surface area contributed by atoms with Crippen LogP contribution < -0.4 is 11.1 Å². The number of carbonyl (C=O) groups excluding carboxylic acids is 1. The summed E-state index contributed by atoms with van der Waals surface area (Å²) in [5, 5.41) is 2.75. The SMILES string of the molecule is CC(C(=O)Nc1cccc(I)c1)C(N)=S. The van der Waals surface area contributed by atoms with Crippen LogP contribution in [0.4, 0.5) is 5.69 Å². The van der Waals surface area contributed by atoms with Gasteiger partial charge in [-0.25, -0.2) is 0 Å². The van der Waals surface area contributed by atoms with Crippen molar-refractivity contribution >= 4 is 51.4 Å². The number of carbonyl (C=O) groups is 1. The first kappa shape index (κ1) is 12.4. The fourth-order valence-electron chi connectivity index (χ4n) is 0.946. The Hall–Kier alpha value is -0.690. The van der Waals surface area contributed by atoms with E-state index in [4.69, 9.17) is 18.0 Å². The van der Waals surface area contributed by atoms with Gasteiger partial charge in [0, 0.05) is 9.26 Å². The molecule has 0 radical (unpaired) electrons. The first-order valence-corrected chi connectivity index (χ1v) is 5.85. The van der Waals surface area contributed by atoms with Crippen molar-refractivity contribution in [1.82, 2.24) is 0 Å². The summed E-state index contributed by atoms with van der Waals surface area (Å²) in [4.78, 5) is 11.8. The summed E-state index contributed by atoms with van der Waals surface area (Å²) in [6.07, 6.45) is 0. The van der Waals surface area contributed by atoms with Gasteiger partial charge in [0.05, 0.1) is 10.9 Å². The van der Waals surface area contributed by atoms with Crippen LogP contribution in [0.25, 0.3) is 0 Å². The Morgan fingerprint density at radius 3 is 2.80 bits per heavy atom. The Balaban J connectivity index is 2.70. The van der Waals surface area contributed by atoms with E-state index in [1.165, 1.54) is 0 Å². The number of amides is 1. The maximum atomic E-state index is 11.6. The summed E-state index contributed by atoms with van der Waals surface area (Å²) in [6.45, 7) is 1.69. The van der Waals surface area contributed by atoms with Gasteiger partial charge in [0.2, 0.25) is 5.91 Å². The number of thiocarbonyl (C=S) groups is 1. The third-order valence-electron chi connectivity index (χ3n) is 1.91. The molecule has 0 saturated carbocycles. The zero-order chi connectivity index (χ0) is 11.4. The van der Waals surface area contributed by atoms with Crippen LogP contribution >= 0.6 is 34.8 Å². The monoisotopic (exact) mass is 334 g/mol. The average molecular weight is 334 g/mol. The van der Waals surface area contributed by atoms with Crippen LogP contribution in [0.3, 0.4) is 0 Å². The van der Waals surface area contributed by atoms with Gasteiger partial charge in [0.1, 0.15) is 0 Å². The molecule has 80 valence electrons. The highest BCUT2D eigenvalue weighted by Crippen LogP contribution is 2.13. The van der Waals surface area contributed by atoms with E-state index in [1.54, 1.807) is 6.92 Å². The molecule has 15 heavy (non-hydrogen) atoms. The van der Waals surface area contributed by atoms with Crippen LogP contribution in [-0.2, 0) is 4.79 Å². The van der Waals surface area contributed by atoms with Crippen molar-refractivity contribution < 1.29 is 4.79 Å². The lowest BCUT2D eigenvalue weighted by Crippen LogP contribution is -2.30. The molecular formula is C10H11IN2OS. The fraction of sp³-hybridized carbons (Fsp3) is 0.200. The molecule has 1 aromatic rings. The highest BCUT2D eigenvalue weighted by atomic mass is 127. The maximum absolute atomic E-state index is 11.6. The van der Waals surface area contributed by atoms with E-state index >= 15 is 0 Å². The first-order valence-electron chi connectivity index (χ1n) is 4.36. The van der Waals surface area contributed by atoms with Crippen molar-refractivity contribution in [2.45, 2.75) is 6.92 Å². The van der Waals surface area contributed by atoms with Crippen LogP contribution in [0.2, 0.25) is 0 Å². The fourth-order valence-corrected chi connectivity index (χ4v) is 1.60. The molecule has 0 heterocycles. The van der Waals surface area contributed by atoms with Crippen molar-refractivity contribution in [2.75, 3.05) is 5.32 Å². The van der Waals surface area contributed by atoms with Gasteiger partial charge in [-0.3, -0.25) is 4.79 Å². The minimum atomic E-state index is -0.446. The van der Waals surface area contributed by atoms with Gasteiger partial charge in [0.15, 0.2) is 0 Å². The van der Waals surface area contributed by atoms with Gasteiger partial charge < -0.3 is 11.1 Å². The molecule has 3 nitrogen and oxygen atoms in total. The number of nitrogens with one attached hydrogen (secondary N) is 1. The summed E-state index contributed by atoms with van der Waals surface area (Å²) in [7, 11) is 0. The highest BCUT2D eigenvalue weighted by molar-refractivity contribution is 14.1. The molecule has 1 atom stereocenters. The summed E-state index contributed by atoms with van der Waals surface area (Å²) in [5.41, 5.74) is 6.15. The maximum Gasteiger partial charge on any atom is 0.234 e. The number of halogens is 1. The second-order valence-electron chi connectivity index (χ2n) is 3.12. The normalized spacial score (nSPS) is 11.9. The Bertz CT molecular complexity index is 395. The topological polar surface area (TPSA) is 55.1 Å². The molecule has 0 bridgehead atoms. The Morgan fingerprint density at radius 1 is 1.60 bits per heavy atom. The molecule has 0 aliphatic rings. The molecule has 1 rings (SSSR count). The molecule has 0 aliphatic heterocycles. The second kappa shape index (κ2) is 5.41. The van der Waals surface area contributed by atoms with Gasteiger partial charge in [-0.1, -0.05) is 18.3 Å². The Morgan fingerprint density at radius 2 is 2.27 bits per heavy atom. The van der Waals surface area contributed by atoms with Gasteiger partial charge in [-0.15, -0.1) is 0 Å². The van der Waals surface area contributed by atoms with E-state index in [9.17, 15) is 4.79 Å². The Kier molecular flexibility index (Phi) is 4.46. The lowest BCUT2D eigenvalue weighted by Gasteiger charge is -2.10. The molecule has 0 fully saturated rings. The van der Waals surface area contributed by atoms with E-state index in [0.717, 1.165) is 9.26 Å². The molecule has 5 heteroatoms.